The first-order valence-electron chi connectivity index (χ1n) is 7.28. The molecule has 1 fully saturated rings. The Kier molecular flexibility index (Phi) is 5.30. The Bertz CT molecular complexity index is 469. The number of halogens is 1. The highest BCUT2D eigenvalue weighted by Crippen LogP contribution is 2.36. The van der Waals surface area contributed by atoms with Gasteiger partial charge in [-0.1, -0.05) is 56.3 Å². The number of benzene rings is 1. The lowest BCUT2D eigenvalue weighted by molar-refractivity contribution is -0.145. The molecular weight excluding hydrogens is 276 g/mol. The number of carboxylic acid groups (broad SMARTS) is 1. The Balaban J connectivity index is 2.17. The zero-order chi connectivity index (χ0) is 14.5. The first kappa shape index (κ1) is 15.2. The molecule has 1 aromatic carbocycles. The summed E-state index contributed by atoms with van der Waals surface area (Å²) in [5.41, 5.74) is 1.03. The Morgan fingerprint density at radius 1 is 1.50 bits per heavy atom. The van der Waals surface area contributed by atoms with Crippen LogP contribution >= 0.6 is 11.6 Å². The first-order valence-corrected chi connectivity index (χ1v) is 7.66. The molecule has 1 unspecified atom stereocenters. The highest BCUT2D eigenvalue weighted by Gasteiger charge is 2.24. The molecule has 1 atom stereocenters. The van der Waals surface area contributed by atoms with E-state index >= 15 is 0 Å². The quantitative estimate of drug-likeness (QED) is 0.815. The monoisotopic (exact) mass is 296 g/mol. The topological polar surface area (TPSA) is 46.5 Å². The molecule has 0 saturated heterocycles. The number of rotatable bonds is 7. The van der Waals surface area contributed by atoms with Crippen LogP contribution in [0.2, 0.25) is 5.02 Å². The Morgan fingerprint density at radius 2 is 2.25 bits per heavy atom. The second kappa shape index (κ2) is 6.98. The Labute approximate surface area is 124 Å². The van der Waals surface area contributed by atoms with Gasteiger partial charge in [0.2, 0.25) is 0 Å². The number of aliphatic carboxylic acids is 1. The van der Waals surface area contributed by atoms with Crippen molar-refractivity contribution in [3.05, 3.63) is 28.8 Å². The molecule has 20 heavy (non-hydrogen) atoms. The fourth-order valence-corrected chi connectivity index (χ4v) is 2.73. The van der Waals surface area contributed by atoms with Gasteiger partial charge in [-0.25, -0.2) is 4.79 Å². The predicted octanol–water partition coefficient (Wildman–Crippen LogP) is 4.31. The predicted molar refractivity (Wildman–Crippen MR) is 79.5 cm³/mol. The van der Waals surface area contributed by atoms with Gasteiger partial charge in [0.25, 0.3) is 0 Å². The van der Waals surface area contributed by atoms with Crippen LogP contribution in [0.5, 0.6) is 5.75 Å². The summed E-state index contributed by atoms with van der Waals surface area (Å²) < 4.78 is 5.72. The number of carbonyl (C=O) groups is 1. The maximum atomic E-state index is 11.2. The average Bonchev–Trinajstić information content (AvgIpc) is 2.36. The van der Waals surface area contributed by atoms with Crippen molar-refractivity contribution >= 4 is 17.6 Å². The molecule has 1 aromatic rings. The molecular formula is C16H21ClO3. The maximum absolute atomic E-state index is 11.2. The second-order valence-electron chi connectivity index (χ2n) is 5.46. The average molecular weight is 297 g/mol. The van der Waals surface area contributed by atoms with Crippen LogP contribution in [0.1, 0.15) is 44.6 Å². The van der Waals surface area contributed by atoms with Crippen molar-refractivity contribution < 1.29 is 14.6 Å². The molecule has 2 rings (SSSR count). The van der Waals surface area contributed by atoms with Gasteiger partial charge in [-0.2, -0.15) is 0 Å². The van der Waals surface area contributed by atoms with E-state index in [0.29, 0.717) is 23.1 Å². The van der Waals surface area contributed by atoms with E-state index in [9.17, 15) is 9.90 Å². The van der Waals surface area contributed by atoms with E-state index in [4.69, 9.17) is 16.3 Å². The van der Waals surface area contributed by atoms with Crippen LogP contribution in [0, 0.1) is 5.92 Å². The molecule has 110 valence electrons. The van der Waals surface area contributed by atoms with Gasteiger partial charge in [-0.05, 0) is 30.4 Å². The summed E-state index contributed by atoms with van der Waals surface area (Å²) in [6.07, 6.45) is 5.12. The van der Waals surface area contributed by atoms with Crippen LogP contribution in [0.25, 0.3) is 0 Å². The van der Waals surface area contributed by atoms with E-state index in [0.717, 1.165) is 18.4 Å². The zero-order valence-corrected chi connectivity index (χ0v) is 12.5. The lowest BCUT2D eigenvalue weighted by Crippen LogP contribution is -2.27. The summed E-state index contributed by atoms with van der Waals surface area (Å²) in [5, 5.41) is 9.72. The summed E-state index contributed by atoms with van der Waals surface area (Å²) in [6, 6.07) is 5.65. The van der Waals surface area contributed by atoms with Gasteiger partial charge in [0.1, 0.15) is 5.75 Å². The van der Waals surface area contributed by atoms with Crippen LogP contribution < -0.4 is 4.74 Å². The van der Waals surface area contributed by atoms with Crippen LogP contribution in [0.4, 0.5) is 0 Å². The third-order valence-corrected chi connectivity index (χ3v) is 4.17. The molecule has 4 heteroatoms. The largest absolute Gasteiger partial charge is 0.479 e. The zero-order valence-electron chi connectivity index (χ0n) is 11.8. The second-order valence-corrected chi connectivity index (χ2v) is 5.87. The lowest BCUT2D eigenvalue weighted by atomic mass is 9.81. The van der Waals surface area contributed by atoms with Crippen LogP contribution in [-0.4, -0.2) is 17.2 Å². The van der Waals surface area contributed by atoms with Crippen molar-refractivity contribution in [1.82, 2.24) is 0 Å². The minimum absolute atomic E-state index is 0.490. The molecule has 3 nitrogen and oxygen atoms in total. The molecule has 1 aliphatic rings. The molecule has 0 aromatic heterocycles. The van der Waals surface area contributed by atoms with Crippen LogP contribution in [0.15, 0.2) is 18.2 Å². The summed E-state index contributed by atoms with van der Waals surface area (Å²) in [5.74, 6) is 0.313. The fourth-order valence-electron chi connectivity index (χ4n) is 2.49. The molecule has 1 saturated carbocycles. The van der Waals surface area contributed by atoms with Crippen LogP contribution in [0.3, 0.4) is 0 Å². The van der Waals surface area contributed by atoms with E-state index in [1.807, 2.05) is 19.1 Å². The van der Waals surface area contributed by atoms with Gasteiger partial charge in [-0.15, -0.1) is 0 Å². The summed E-state index contributed by atoms with van der Waals surface area (Å²) in [4.78, 5) is 11.2. The minimum Gasteiger partial charge on any atom is -0.479 e. The standard InChI is InChI=1S/C16H21ClO3/c1-2-5-14(16(18)19)20-15-12(8-4-9-13(15)17)10-11-6-3-7-11/h4,8-9,11,14H,2-3,5-7,10H2,1H3,(H,18,19). The number of ether oxygens (including phenoxy) is 1. The summed E-state index contributed by atoms with van der Waals surface area (Å²) >= 11 is 6.21. The molecule has 0 aliphatic heterocycles. The first-order chi connectivity index (χ1) is 9.61. The highest BCUT2D eigenvalue weighted by atomic mass is 35.5. The van der Waals surface area contributed by atoms with Crippen molar-refractivity contribution in [2.45, 2.75) is 51.6 Å². The van der Waals surface area contributed by atoms with Crippen molar-refractivity contribution in [2.24, 2.45) is 5.92 Å². The smallest absolute Gasteiger partial charge is 0.344 e. The van der Waals surface area contributed by atoms with Gasteiger partial charge < -0.3 is 9.84 Å². The molecule has 0 spiro atoms. The SMILES string of the molecule is CCCC(Oc1c(Cl)cccc1CC1CCC1)C(=O)O. The Hall–Kier alpha value is -1.22. The molecule has 1 N–H and O–H groups in total. The van der Waals surface area contributed by atoms with Crippen molar-refractivity contribution in [1.29, 1.82) is 0 Å². The maximum Gasteiger partial charge on any atom is 0.344 e. The number of hydrogen-bond donors (Lipinski definition) is 1. The number of carboxylic acids is 1. The van der Waals surface area contributed by atoms with Gasteiger partial charge in [0, 0.05) is 0 Å². The van der Waals surface area contributed by atoms with Crippen LogP contribution in [-0.2, 0) is 11.2 Å². The van der Waals surface area contributed by atoms with Gasteiger partial charge in [0.15, 0.2) is 6.10 Å². The normalized spacial score (nSPS) is 16.5. The number of hydrogen-bond acceptors (Lipinski definition) is 2. The summed E-state index contributed by atoms with van der Waals surface area (Å²) in [6.45, 7) is 1.95. The van der Waals surface area contributed by atoms with Gasteiger partial charge >= 0.3 is 5.97 Å². The van der Waals surface area contributed by atoms with E-state index < -0.39 is 12.1 Å². The van der Waals surface area contributed by atoms with Crippen molar-refractivity contribution in [3.63, 3.8) is 0 Å². The van der Waals surface area contributed by atoms with E-state index in [-0.39, 0.29) is 0 Å². The Morgan fingerprint density at radius 3 is 2.80 bits per heavy atom. The molecule has 0 radical (unpaired) electrons. The van der Waals surface area contributed by atoms with Gasteiger partial charge in [-0.3, -0.25) is 0 Å². The van der Waals surface area contributed by atoms with E-state index in [1.165, 1.54) is 19.3 Å². The fraction of sp³-hybridized carbons (Fsp3) is 0.562. The molecule has 0 bridgehead atoms. The third-order valence-electron chi connectivity index (χ3n) is 3.87. The molecule has 0 heterocycles. The number of para-hydroxylation sites is 1. The molecule has 0 amide bonds. The van der Waals surface area contributed by atoms with E-state index in [2.05, 4.69) is 0 Å². The minimum atomic E-state index is -0.929. The third kappa shape index (κ3) is 3.66. The van der Waals surface area contributed by atoms with E-state index in [1.54, 1.807) is 6.07 Å². The van der Waals surface area contributed by atoms with Crippen molar-refractivity contribution in [2.75, 3.05) is 0 Å². The highest BCUT2D eigenvalue weighted by molar-refractivity contribution is 6.32. The lowest BCUT2D eigenvalue weighted by Gasteiger charge is -2.27. The molecule has 1 aliphatic carbocycles. The summed E-state index contributed by atoms with van der Waals surface area (Å²) in [7, 11) is 0. The van der Waals surface area contributed by atoms with Crippen molar-refractivity contribution in [3.8, 4) is 5.75 Å². The van der Waals surface area contributed by atoms with Gasteiger partial charge in [0.05, 0.1) is 5.02 Å².